The van der Waals surface area contributed by atoms with Crippen molar-refractivity contribution >= 4 is 50.7 Å². The van der Waals surface area contributed by atoms with E-state index in [4.69, 9.17) is 23.2 Å². The Hall–Kier alpha value is -1.83. The highest BCUT2D eigenvalue weighted by Gasteiger charge is 2.17. The summed E-state index contributed by atoms with van der Waals surface area (Å²) in [6.07, 6.45) is 6.68. The molecule has 0 saturated heterocycles. The molecule has 1 aromatic carbocycles. The van der Waals surface area contributed by atoms with Crippen LogP contribution in [0.2, 0.25) is 10.0 Å². The van der Waals surface area contributed by atoms with Crippen molar-refractivity contribution in [2.24, 2.45) is 0 Å². The number of hydrogen-bond donors (Lipinski definition) is 1. The van der Waals surface area contributed by atoms with E-state index in [1.54, 1.807) is 59.3 Å². The third kappa shape index (κ3) is 4.23. The monoisotopic (exact) mass is 441 g/mol. The Morgan fingerprint density at radius 2 is 1.96 bits per heavy atom. The topological polar surface area (TPSA) is 64.7 Å². The SMILES string of the molecule is CC(C(=O)Nc1cnn(Cc2c(Cl)cccc2Cl)c1)n1cc(Br)cn1. The molecule has 0 bridgehead atoms. The molecular weight excluding hydrogens is 429 g/mol. The molecule has 2 aromatic heterocycles. The van der Waals surface area contributed by atoms with Gasteiger partial charge in [-0.15, -0.1) is 0 Å². The maximum absolute atomic E-state index is 12.3. The summed E-state index contributed by atoms with van der Waals surface area (Å²) >= 11 is 15.7. The number of carbonyl (C=O) groups is 1. The summed E-state index contributed by atoms with van der Waals surface area (Å²) in [6.45, 7) is 2.18. The molecule has 0 spiro atoms. The van der Waals surface area contributed by atoms with Crippen LogP contribution in [0.1, 0.15) is 18.5 Å². The molecule has 1 amide bonds. The van der Waals surface area contributed by atoms with E-state index < -0.39 is 6.04 Å². The maximum atomic E-state index is 12.3. The van der Waals surface area contributed by atoms with Crippen molar-refractivity contribution in [3.63, 3.8) is 0 Å². The van der Waals surface area contributed by atoms with Gasteiger partial charge >= 0.3 is 0 Å². The Balaban J connectivity index is 1.68. The summed E-state index contributed by atoms with van der Waals surface area (Å²) < 4.78 is 4.06. The van der Waals surface area contributed by atoms with Gasteiger partial charge in [-0.3, -0.25) is 14.2 Å². The fourth-order valence-electron chi connectivity index (χ4n) is 2.25. The van der Waals surface area contributed by atoms with Gasteiger partial charge in [-0.05, 0) is 35.0 Å². The number of carbonyl (C=O) groups excluding carboxylic acids is 1. The molecule has 25 heavy (non-hydrogen) atoms. The van der Waals surface area contributed by atoms with Crippen LogP contribution in [0, 0.1) is 0 Å². The number of halogens is 3. The molecule has 0 radical (unpaired) electrons. The van der Waals surface area contributed by atoms with Gasteiger partial charge in [-0.1, -0.05) is 29.3 Å². The molecule has 0 aliphatic rings. The Morgan fingerprint density at radius 3 is 2.60 bits per heavy atom. The minimum Gasteiger partial charge on any atom is -0.322 e. The molecule has 0 aliphatic heterocycles. The zero-order chi connectivity index (χ0) is 18.0. The lowest BCUT2D eigenvalue weighted by molar-refractivity contribution is -0.119. The zero-order valence-corrected chi connectivity index (χ0v) is 16.3. The molecule has 9 heteroatoms. The van der Waals surface area contributed by atoms with Crippen LogP contribution in [0.25, 0.3) is 0 Å². The van der Waals surface area contributed by atoms with Crippen LogP contribution >= 0.6 is 39.1 Å². The number of amides is 1. The lowest BCUT2D eigenvalue weighted by Gasteiger charge is -2.11. The highest BCUT2D eigenvalue weighted by Crippen LogP contribution is 2.25. The van der Waals surface area contributed by atoms with E-state index >= 15 is 0 Å². The first kappa shape index (κ1) is 18.0. The molecule has 130 valence electrons. The molecule has 1 atom stereocenters. The Morgan fingerprint density at radius 1 is 1.24 bits per heavy atom. The largest absolute Gasteiger partial charge is 0.322 e. The average Bonchev–Trinajstić information content (AvgIpc) is 3.19. The van der Waals surface area contributed by atoms with Crippen molar-refractivity contribution in [2.45, 2.75) is 19.5 Å². The number of nitrogens with one attached hydrogen (secondary N) is 1. The molecule has 2 heterocycles. The lowest BCUT2D eigenvalue weighted by Crippen LogP contribution is -2.23. The third-order valence-electron chi connectivity index (χ3n) is 3.63. The first-order valence-electron chi connectivity index (χ1n) is 7.40. The highest BCUT2D eigenvalue weighted by molar-refractivity contribution is 9.10. The second-order valence-electron chi connectivity index (χ2n) is 5.43. The normalized spacial score (nSPS) is 12.2. The fourth-order valence-corrected chi connectivity index (χ4v) is 3.07. The second kappa shape index (κ2) is 7.59. The van der Waals surface area contributed by atoms with Crippen LogP contribution in [0.5, 0.6) is 0 Å². The van der Waals surface area contributed by atoms with Crippen molar-refractivity contribution in [3.05, 3.63) is 63.1 Å². The summed E-state index contributed by atoms with van der Waals surface area (Å²) in [6, 6.07) is 4.89. The van der Waals surface area contributed by atoms with Gasteiger partial charge in [0.2, 0.25) is 5.91 Å². The van der Waals surface area contributed by atoms with Crippen LogP contribution < -0.4 is 5.32 Å². The van der Waals surface area contributed by atoms with Crippen molar-refractivity contribution in [2.75, 3.05) is 5.32 Å². The van der Waals surface area contributed by atoms with Gasteiger partial charge in [0.1, 0.15) is 6.04 Å². The summed E-state index contributed by atoms with van der Waals surface area (Å²) in [7, 11) is 0. The summed E-state index contributed by atoms with van der Waals surface area (Å²) in [5.74, 6) is -0.189. The molecule has 0 fully saturated rings. The van der Waals surface area contributed by atoms with Crippen LogP contribution in [-0.2, 0) is 11.3 Å². The Labute approximate surface area is 162 Å². The summed E-state index contributed by atoms with van der Waals surface area (Å²) in [4.78, 5) is 12.3. The number of aromatic nitrogens is 4. The average molecular weight is 443 g/mol. The van der Waals surface area contributed by atoms with E-state index in [1.807, 2.05) is 0 Å². The van der Waals surface area contributed by atoms with E-state index in [1.165, 1.54) is 0 Å². The van der Waals surface area contributed by atoms with Gasteiger partial charge in [-0.25, -0.2) is 0 Å². The number of rotatable bonds is 5. The minimum absolute atomic E-state index is 0.189. The van der Waals surface area contributed by atoms with E-state index in [0.717, 1.165) is 10.0 Å². The second-order valence-corrected chi connectivity index (χ2v) is 7.16. The molecule has 0 saturated carbocycles. The van der Waals surface area contributed by atoms with Crippen LogP contribution in [-0.4, -0.2) is 25.5 Å². The molecule has 3 aromatic rings. The number of hydrogen-bond acceptors (Lipinski definition) is 3. The predicted molar refractivity (Wildman–Crippen MR) is 101 cm³/mol. The molecule has 3 rings (SSSR count). The summed E-state index contributed by atoms with van der Waals surface area (Å²) in [5, 5.41) is 12.3. The first-order chi connectivity index (χ1) is 11.9. The number of benzene rings is 1. The fraction of sp³-hybridized carbons (Fsp3) is 0.188. The van der Waals surface area contributed by atoms with Crippen molar-refractivity contribution in [1.29, 1.82) is 0 Å². The van der Waals surface area contributed by atoms with Gasteiger partial charge in [0.15, 0.2) is 0 Å². The van der Waals surface area contributed by atoms with Gasteiger partial charge in [0.25, 0.3) is 0 Å². The van der Waals surface area contributed by atoms with Gasteiger partial charge in [0.05, 0.1) is 29.1 Å². The first-order valence-corrected chi connectivity index (χ1v) is 8.95. The van der Waals surface area contributed by atoms with Crippen LogP contribution in [0.3, 0.4) is 0 Å². The molecule has 1 unspecified atom stereocenters. The smallest absolute Gasteiger partial charge is 0.249 e. The predicted octanol–water partition coefficient (Wildman–Crippen LogP) is 4.40. The van der Waals surface area contributed by atoms with E-state index in [0.29, 0.717) is 22.3 Å². The Bertz CT molecular complexity index is 887. The van der Waals surface area contributed by atoms with Gasteiger partial charge in [0, 0.05) is 28.0 Å². The molecule has 0 aliphatic carbocycles. The van der Waals surface area contributed by atoms with E-state index in [9.17, 15) is 4.79 Å². The maximum Gasteiger partial charge on any atom is 0.249 e. The van der Waals surface area contributed by atoms with Crippen LogP contribution in [0.15, 0.2) is 47.5 Å². The quantitative estimate of drug-likeness (QED) is 0.636. The summed E-state index contributed by atoms with van der Waals surface area (Å²) in [5.41, 5.74) is 1.37. The van der Waals surface area contributed by atoms with E-state index in [-0.39, 0.29) is 5.91 Å². The van der Waals surface area contributed by atoms with Gasteiger partial charge in [-0.2, -0.15) is 10.2 Å². The highest BCUT2D eigenvalue weighted by atomic mass is 79.9. The number of nitrogens with zero attached hydrogens (tertiary/aromatic N) is 4. The third-order valence-corrected chi connectivity index (χ3v) is 4.75. The van der Waals surface area contributed by atoms with Crippen molar-refractivity contribution in [1.82, 2.24) is 19.6 Å². The van der Waals surface area contributed by atoms with E-state index in [2.05, 4.69) is 31.4 Å². The molecular formula is C16H14BrCl2N5O. The van der Waals surface area contributed by atoms with Gasteiger partial charge < -0.3 is 5.32 Å². The molecule has 1 N–H and O–H groups in total. The number of anilines is 1. The van der Waals surface area contributed by atoms with Crippen molar-refractivity contribution < 1.29 is 4.79 Å². The standard InChI is InChI=1S/C16H14BrCl2N5O/c1-10(24-7-11(17)5-21-24)16(25)22-12-6-20-23(8-12)9-13-14(18)3-2-4-15(13)19/h2-8,10H,9H2,1H3,(H,22,25). The molecule has 6 nitrogen and oxygen atoms in total. The van der Waals surface area contributed by atoms with Crippen LogP contribution in [0.4, 0.5) is 5.69 Å². The zero-order valence-electron chi connectivity index (χ0n) is 13.2. The Kier molecular flexibility index (Phi) is 5.46. The minimum atomic E-state index is -0.451. The van der Waals surface area contributed by atoms with Crippen molar-refractivity contribution in [3.8, 4) is 0 Å². The lowest BCUT2D eigenvalue weighted by atomic mass is 10.2.